The summed E-state index contributed by atoms with van der Waals surface area (Å²) in [5, 5.41) is 0. The minimum atomic E-state index is -0.000892. The molecule has 21 heavy (non-hydrogen) atoms. The molecule has 2 heteroatoms. The molecule has 116 valence electrons. The highest BCUT2D eigenvalue weighted by Crippen LogP contribution is 2.44. The fourth-order valence-corrected chi connectivity index (χ4v) is 4.25. The molecule has 2 saturated heterocycles. The van der Waals surface area contributed by atoms with E-state index in [0.29, 0.717) is 5.41 Å². The molecule has 1 aromatic rings. The van der Waals surface area contributed by atoms with Crippen molar-refractivity contribution >= 4 is 0 Å². The second-order valence-electron chi connectivity index (χ2n) is 7.48. The second kappa shape index (κ2) is 6.10. The third-order valence-corrected chi connectivity index (χ3v) is 5.33. The molecule has 0 saturated carbocycles. The van der Waals surface area contributed by atoms with Crippen molar-refractivity contribution in [2.75, 3.05) is 26.2 Å². The minimum Gasteiger partial charge on any atom is -0.376 e. The molecule has 0 amide bonds. The molecule has 0 aliphatic carbocycles. The average Bonchev–Trinajstić information content (AvgIpc) is 2.98. The van der Waals surface area contributed by atoms with Crippen molar-refractivity contribution in [3.8, 4) is 0 Å². The second-order valence-corrected chi connectivity index (χ2v) is 7.48. The summed E-state index contributed by atoms with van der Waals surface area (Å²) in [5.74, 6) is 0. The molecule has 0 unspecified atom stereocenters. The molecule has 1 aromatic carbocycles. The molecule has 1 atom stereocenters. The number of nitrogens with zero attached hydrogens (tertiary/aromatic N) is 1. The van der Waals surface area contributed by atoms with Crippen LogP contribution < -0.4 is 0 Å². The predicted molar refractivity (Wildman–Crippen MR) is 87.7 cm³/mol. The van der Waals surface area contributed by atoms with E-state index in [0.717, 1.165) is 19.4 Å². The smallest absolute Gasteiger partial charge is 0.0635 e. The van der Waals surface area contributed by atoms with Crippen LogP contribution in [0.3, 0.4) is 0 Å². The van der Waals surface area contributed by atoms with Crippen molar-refractivity contribution in [2.45, 2.75) is 57.0 Å². The highest BCUT2D eigenvalue weighted by Gasteiger charge is 2.42. The Labute approximate surface area is 129 Å². The van der Waals surface area contributed by atoms with E-state index < -0.39 is 0 Å². The van der Waals surface area contributed by atoms with Gasteiger partial charge in [0, 0.05) is 12.0 Å². The summed E-state index contributed by atoms with van der Waals surface area (Å²) < 4.78 is 6.00. The Morgan fingerprint density at radius 2 is 1.81 bits per heavy atom. The van der Waals surface area contributed by atoms with E-state index in [2.05, 4.69) is 49.1 Å². The maximum absolute atomic E-state index is 6.00. The summed E-state index contributed by atoms with van der Waals surface area (Å²) in [6, 6.07) is 11.2. The minimum absolute atomic E-state index is 0.000892. The summed E-state index contributed by atoms with van der Waals surface area (Å²) in [4.78, 5) is 2.65. The SMILES string of the molecule is CC1(C)C[C@@](CCN2CCCC2)(c2ccccc2)CCO1. The quantitative estimate of drug-likeness (QED) is 0.830. The van der Waals surface area contributed by atoms with Crippen LogP contribution in [0, 0.1) is 0 Å². The average molecular weight is 287 g/mol. The van der Waals surface area contributed by atoms with Crippen LogP contribution in [-0.2, 0) is 10.2 Å². The van der Waals surface area contributed by atoms with Gasteiger partial charge in [0.15, 0.2) is 0 Å². The fraction of sp³-hybridized carbons (Fsp3) is 0.684. The molecule has 2 fully saturated rings. The molecule has 2 nitrogen and oxygen atoms in total. The molecule has 0 aromatic heterocycles. The Bertz CT molecular complexity index is 450. The standard InChI is InChI=1S/C19H29NO/c1-18(2)16-19(11-15-21-18,17-8-4-3-5-9-17)10-14-20-12-6-7-13-20/h3-5,8-9H,6-7,10-16H2,1-2H3/t19-/m0/s1. The van der Waals surface area contributed by atoms with Gasteiger partial charge < -0.3 is 9.64 Å². The lowest BCUT2D eigenvalue weighted by molar-refractivity contribution is -0.0851. The lowest BCUT2D eigenvalue weighted by atomic mass is 9.67. The van der Waals surface area contributed by atoms with Crippen LogP contribution in [0.4, 0.5) is 0 Å². The molecule has 0 N–H and O–H groups in total. The number of ether oxygens (including phenoxy) is 1. The highest BCUT2D eigenvalue weighted by atomic mass is 16.5. The number of likely N-dealkylation sites (tertiary alicyclic amines) is 1. The maximum atomic E-state index is 6.00. The van der Waals surface area contributed by atoms with Gasteiger partial charge in [-0.3, -0.25) is 0 Å². The van der Waals surface area contributed by atoms with E-state index in [1.165, 1.54) is 44.5 Å². The van der Waals surface area contributed by atoms with E-state index in [-0.39, 0.29) is 5.60 Å². The number of rotatable bonds is 4. The van der Waals surface area contributed by atoms with Gasteiger partial charge in [-0.15, -0.1) is 0 Å². The van der Waals surface area contributed by atoms with Crippen molar-refractivity contribution in [1.29, 1.82) is 0 Å². The van der Waals surface area contributed by atoms with Crippen LogP contribution in [0.1, 0.15) is 51.5 Å². The van der Waals surface area contributed by atoms with E-state index >= 15 is 0 Å². The first kappa shape index (κ1) is 15.1. The molecule has 2 aliphatic rings. The summed E-state index contributed by atoms with van der Waals surface area (Å²) in [7, 11) is 0. The Morgan fingerprint density at radius 3 is 2.48 bits per heavy atom. The van der Waals surface area contributed by atoms with Crippen LogP contribution in [-0.4, -0.2) is 36.7 Å². The molecule has 2 heterocycles. The fourth-order valence-electron chi connectivity index (χ4n) is 4.25. The van der Waals surface area contributed by atoms with Crippen LogP contribution >= 0.6 is 0 Å². The van der Waals surface area contributed by atoms with Gasteiger partial charge in [-0.05, 0) is 71.1 Å². The summed E-state index contributed by atoms with van der Waals surface area (Å²) >= 11 is 0. The monoisotopic (exact) mass is 287 g/mol. The van der Waals surface area contributed by atoms with E-state index in [1.54, 1.807) is 0 Å². The van der Waals surface area contributed by atoms with Crippen LogP contribution in [0.2, 0.25) is 0 Å². The molecule has 0 spiro atoms. The Balaban J connectivity index is 1.80. The molecular weight excluding hydrogens is 258 g/mol. The van der Waals surface area contributed by atoms with E-state index in [9.17, 15) is 0 Å². The van der Waals surface area contributed by atoms with Gasteiger partial charge in [-0.1, -0.05) is 30.3 Å². The van der Waals surface area contributed by atoms with Crippen LogP contribution in [0.25, 0.3) is 0 Å². The van der Waals surface area contributed by atoms with Crippen molar-refractivity contribution < 1.29 is 4.74 Å². The normalized spacial score (nSPS) is 29.6. The first-order valence-electron chi connectivity index (χ1n) is 8.52. The number of hydrogen-bond acceptors (Lipinski definition) is 2. The summed E-state index contributed by atoms with van der Waals surface area (Å²) in [6.07, 6.45) is 6.33. The van der Waals surface area contributed by atoms with Crippen molar-refractivity contribution in [2.24, 2.45) is 0 Å². The molecule has 0 bridgehead atoms. The van der Waals surface area contributed by atoms with E-state index in [1.807, 2.05) is 0 Å². The summed E-state index contributed by atoms with van der Waals surface area (Å²) in [5.41, 5.74) is 1.81. The van der Waals surface area contributed by atoms with Crippen molar-refractivity contribution in [1.82, 2.24) is 4.90 Å². The lowest BCUT2D eigenvalue weighted by Crippen LogP contribution is -2.45. The van der Waals surface area contributed by atoms with Crippen molar-refractivity contribution in [3.05, 3.63) is 35.9 Å². The molecule has 3 rings (SSSR count). The van der Waals surface area contributed by atoms with Gasteiger partial charge in [0.2, 0.25) is 0 Å². The van der Waals surface area contributed by atoms with Crippen molar-refractivity contribution in [3.63, 3.8) is 0 Å². The van der Waals surface area contributed by atoms with Gasteiger partial charge in [-0.2, -0.15) is 0 Å². The first-order valence-corrected chi connectivity index (χ1v) is 8.52. The number of hydrogen-bond donors (Lipinski definition) is 0. The Hall–Kier alpha value is -0.860. The Kier molecular flexibility index (Phi) is 4.37. The van der Waals surface area contributed by atoms with Crippen LogP contribution in [0.15, 0.2) is 30.3 Å². The lowest BCUT2D eigenvalue weighted by Gasteiger charge is -2.46. The Morgan fingerprint density at radius 1 is 1.10 bits per heavy atom. The van der Waals surface area contributed by atoms with Gasteiger partial charge >= 0.3 is 0 Å². The summed E-state index contributed by atoms with van der Waals surface area (Å²) in [6.45, 7) is 9.22. The maximum Gasteiger partial charge on any atom is 0.0635 e. The number of benzene rings is 1. The zero-order chi connectivity index (χ0) is 14.8. The van der Waals surface area contributed by atoms with Gasteiger partial charge in [-0.25, -0.2) is 0 Å². The van der Waals surface area contributed by atoms with E-state index in [4.69, 9.17) is 4.74 Å². The highest BCUT2D eigenvalue weighted by molar-refractivity contribution is 5.27. The van der Waals surface area contributed by atoms with Gasteiger partial charge in [0.1, 0.15) is 0 Å². The third kappa shape index (κ3) is 3.49. The zero-order valence-corrected chi connectivity index (χ0v) is 13.6. The third-order valence-electron chi connectivity index (χ3n) is 5.33. The van der Waals surface area contributed by atoms with Gasteiger partial charge in [0.25, 0.3) is 0 Å². The van der Waals surface area contributed by atoms with Crippen LogP contribution in [0.5, 0.6) is 0 Å². The predicted octanol–water partition coefficient (Wildman–Crippen LogP) is 4.00. The first-order chi connectivity index (χ1) is 10.1. The largest absolute Gasteiger partial charge is 0.376 e. The topological polar surface area (TPSA) is 12.5 Å². The molecular formula is C19H29NO. The molecule has 2 aliphatic heterocycles. The van der Waals surface area contributed by atoms with Gasteiger partial charge in [0.05, 0.1) is 5.60 Å². The molecule has 0 radical (unpaired) electrons. The zero-order valence-electron chi connectivity index (χ0n) is 13.6.